The van der Waals surface area contributed by atoms with Crippen LogP contribution in [0.1, 0.15) is 6.92 Å². The van der Waals surface area contributed by atoms with E-state index < -0.39 is 0 Å². The number of thioether (sulfide) groups is 1. The van der Waals surface area contributed by atoms with Crippen LogP contribution in [0.3, 0.4) is 0 Å². The van der Waals surface area contributed by atoms with Gasteiger partial charge in [-0.05, 0) is 6.92 Å². The first-order valence-electron chi connectivity index (χ1n) is 8.65. The highest BCUT2D eigenvalue weighted by molar-refractivity contribution is 8.00. The number of thiazole rings is 1. The van der Waals surface area contributed by atoms with E-state index in [1.54, 1.807) is 0 Å². The molecule has 0 aliphatic heterocycles. The summed E-state index contributed by atoms with van der Waals surface area (Å²) in [5, 5.41) is 12.7. The molecule has 0 saturated heterocycles. The zero-order chi connectivity index (χ0) is 19.3. The lowest BCUT2D eigenvalue weighted by molar-refractivity contribution is -0.115. The van der Waals surface area contributed by atoms with Crippen LogP contribution in [0.2, 0.25) is 0 Å². The molecule has 1 amide bonds. The maximum Gasteiger partial charge on any atom is 0.239 e. The van der Waals surface area contributed by atoms with E-state index in [2.05, 4.69) is 25.5 Å². The number of hydrogen-bond acceptors (Lipinski definition) is 6. The maximum absolute atomic E-state index is 12.5. The van der Waals surface area contributed by atoms with Crippen molar-refractivity contribution in [2.24, 2.45) is 0 Å². The molecule has 8 heteroatoms. The highest BCUT2D eigenvalue weighted by Crippen LogP contribution is 2.27. The third-order valence-electron chi connectivity index (χ3n) is 3.97. The lowest BCUT2D eigenvalue weighted by Gasteiger charge is -2.07. The number of anilines is 1. The normalized spacial score (nSPS) is 11.9. The summed E-state index contributed by atoms with van der Waals surface area (Å²) in [6.45, 7) is 1.82. The van der Waals surface area contributed by atoms with Crippen LogP contribution in [0, 0.1) is 0 Å². The number of aromatic nitrogens is 4. The largest absolute Gasteiger partial charge is 0.301 e. The highest BCUT2D eigenvalue weighted by Gasteiger charge is 2.19. The number of aromatic amines is 1. The number of benzene rings is 2. The van der Waals surface area contributed by atoms with Crippen LogP contribution in [0.5, 0.6) is 0 Å². The number of rotatable bonds is 6. The molecule has 4 aromatic rings. The van der Waals surface area contributed by atoms with Crippen molar-refractivity contribution in [1.82, 2.24) is 20.2 Å². The third-order valence-corrected chi connectivity index (χ3v) is 5.69. The van der Waals surface area contributed by atoms with Crippen LogP contribution in [-0.4, -0.2) is 31.3 Å². The number of carbonyl (C=O) groups is 1. The van der Waals surface area contributed by atoms with Gasteiger partial charge in [-0.2, -0.15) is 0 Å². The summed E-state index contributed by atoms with van der Waals surface area (Å²) in [5.41, 5.74) is 2.83. The van der Waals surface area contributed by atoms with Crippen molar-refractivity contribution in [3.8, 4) is 22.6 Å². The molecule has 2 aromatic heterocycles. The average molecular weight is 408 g/mol. The number of carbonyl (C=O) groups excluding carboxylic acids is 1. The minimum absolute atomic E-state index is 0.134. The van der Waals surface area contributed by atoms with Gasteiger partial charge in [0.25, 0.3) is 0 Å². The Morgan fingerprint density at radius 2 is 1.71 bits per heavy atom. The molecule has 0 fully saturated rings. The molecule has 28 heavy (non-hydrogen) atoms. The fourth-order valence-electron chi connectivity index (χ4n) is 2.52. The van der Waals surface area contributed by atoms with Gasteiger partial charge in [0.15, 0.2) is 11.0 Å². The van der Waals surface area contributed by atoms with Crippen molar-refractivity contribution in [3.63, 3.8) is 0 Å². The third kappa shape index (κ3) is 4.29. The van der Waals surface area contributed by atoms with Crippen LogP contribution in [0.25, 0.3) is 22.6 Å². The van der Waals surface area contributed by atoms with E-state index in [-0.39, 0.29) is 11.2 Å². The second kappa shape index (κ2) is 8.37. The van der Waals surface area contributed by atoms with Crippen LogP contribution in [-0.2, 0) is 4.79 Å². The molecule has 0 aliphatic carbocycles. The van der Waals surface area contributed by atoms with Crippen LogP contribution >= 0.6 is 23.1 Å². The van der Waals surface area contributed by atoms with Gasteiger partial charge in [-0.1, -0.05) is 72.4 Å². The quantitative estimate of drug-likeness (QED) is 0.452. The highest BCUT2D eigenvalue weighted by atomic mass is 32.2. The van der Waals surface area contributed by atoms with Gasteiger partial charge in [0.1, 0.15) is 0 Å². The molecule has 0 saturated carbocycles. The van der Waals surface area contributed by atoms with Gasteiger partial charge in [0.2, 0.25) is 11.1 Å². The Morgan fingerprint density at radius 3 is 2.43 bits per heavy atom. The Morgan fingerprint density at radius 1 is 1.04 bits per heavy atom. The van der Waals surface area contributed by atoms with Crippen molar-refractivity contribution in [2.45, 2.75) is 17.3 Å². The lowest BCUT2D eigenvalue weighted by Crippen LogP contribution is -2.22. The Hall–Kier alpha value is -2.97. The summed E-state index contributed by atoms with van der Waals surface area (Å²) in [4.78, 5) is 21.5. The van der Waals surface area contributed by atoms with Gasteiger partial charge in [0, 0.05) is 16.5 Å². The topological polar surface area (TPSA) is 83.6 Å². The molecule has 6 nitrogen and oxygen atoms in total. The standard InChI is InChI=1S/C20H17N5OS2/c1-13(28-20-22-17(24-25-20)15-10-6-3-7-11-15)18(26)23-19-21-16(12-27-19)14-8-4-2-5-9-14/h2-13H,1H3,(H,21,23,26)(H,22,24,25)/t13-/m0/s1. The summed E-state index contributed by atoms with van der Waals surface area (Å²) in [7, 11) is 0. The van der Waals surface area contributed by atoms with Crippen molar-refractivity contribution < 1.29 is 4.79 Å². The van der Waals surface area contributed by atoms with Crippen molar-refractivity contribution >= 4 is 34.1 Å². The van der Waals surface area contributed by atoms with Gasteiger partial charge >= 0.3 is 0 Å². The van der Waals surface area contributed by atoms with E-state index in [4.69, 9.17) is 0 Å². The zero-order valence-electron chi connectivity index (χ0n) is 15.0. The Kier molecular flexibility index (Phi) is 5.50. The van der Waals surface area contributed by atoms with Crippen molar-refractivity contribution in [1.29, 1.82) is 0 Å². The van der Waals surface area contributed by atoms with E-state index in [0.717, 1.165) is 16.8 Å². The van der Waals surface area contributed by atoms with E-state index in [1.807, 2.05) is 73.0 Å². The van der Waals surface area contributed by atoms with Crippen LogP contribution in [0.15, 0.2) is 71.2 Å². The number of hydrogen-bond donors (Lipinski definition) is 2. The summed E-state index contributed by atoms with van der Waals surface area (Å²) < 4.78 is 0. The first kappa shape index (κ1) is 18.4. The molecule has 4 rings (SSSR count). The van der Waals surface area contributed by atoms with Gasteiger partial charge in [-0.25, -0.2) is 9.97 Å². The number of nitrogens with one attached hydrogen (secondary N) is 2. The lowest BCUT2D eigenvalue weighted by atomic mass is 10.2. The Balaban J connectivity index is 1.38. The van der Waals surface area contributed by atoms with E-state index in [0.29, 0.717) is 16.1 Å². The fourth-order valence-corrected chi connectivity index (χ4v) is 3.96. The molecule has 0 aliphatic rings. The minimum atomic E-state index is -0.358. The fraction of sp³-hybridized carbons (Fsp3) is 0.100. The van der Waals surface area contributed by atoms with E-state index in [1.165, 1.54) is 23.1 Å². The Bertz CT molecular complexity index is 1060. The maximum atomic E-state index is 12.5. The number of amides is 1. The number of nitrogens with zero attached hydrogens (tertiary/aromatic N) is 3. The predicted molar refractivity (Wildman–Crippen MR) is 113 cm³/mol. The second-order valence-corrected chi connectivity index (χ2v) is 8.15. The SMILES string of the molecule is C[C@H](Sc1n[nH]c(-c2ccccc2)n1)C(=O)Nc1nc(-c2ccccc2)cs1. The molecular formula is C20H17N5OS2. The van der Waals surface area contributed by atoms with Crippen LogP contribution in [0.4, 0.5) is 5.13 Å². The average Bonchev–Trinajstić information content (AvgIpc) is 3.39. The summed E-state index contributed by atoms with van der Waals surface area (Å²) >= 11 is 2.71. The molecule has 2 N–H and O–H groups in total. The molecule has 0 spiro atoms. The molecule has 0 bridgehead atoms. The zero-order valence-corrected chi connectivity index (χ0v) is 16.6. The Labute approximate surface area is 170 Å². The van der Waals surface area contributed by atoms with Crippen molar-refractivity contribution in [3.05, 3.63) is 66.0 Å². The molecule has 140 valence electrons. The molecule has 2 aromatic carbocycles. The summed E-state index contributed by atoms with van der Waals surface area (Å²) in [6, 6.07) is 19.6. The molecule has 1 atom stereocenters. The van der Waals surface area contributed by atoms with E-state index in [9.17, 15) is 4.79 Å². The smallest absolute Gasteiger partial charge is 0.239 e. The first-order valence-corrected chi connectivity index (χ1v) is 10.4. The van der Waals surface area contributed by atoms with Gasteiger partial charge < -0.3 is 5.32 Å². The van der Waals surface area contributed by atoms with Gasteiger partial charge in [-0.3, -0.25) is 9.89 Å². The molecule has 0 unspecified atom stereocenters. The van der Waals surface area contributed by atoms with Crippen molar-refractivity contribution in [2.75, 3.05) is 5.32 Å². The predicted octanol–water partition coefficient (Wildman–Crippen LogP) is 4.71. The number of H-pyrrole nitrogens is 1. The van der Waals surface area contributed by atoms with Gasteiger partial charge in [0.05, 0.1) is 10.9 Å². The summed E-state index contributed by atoms with van der Waals surface area (Å²) in [6.07, 6.45) is 0. The molecule has 2 heterocycles. The molecule has 0 radical (unpaired) electrons. The minimum Gasteiger partial charge on any atom is -0.301 e. The first-order chi connectivity index (χ1) is 13.7. The van der Waals surface area contributed by atoms with Crippen LogP contribution < -0.4 is 5.32 Å². The molecular weight excluding hydrogens is 390 g/mol. The van der Waals surface area contributed by atoms with Gasteiger partial charge in [-0.15, -0.1) is 16.4 Å². The van der Waals surface area contributed by atoms with E-state index >= 15 is 0 Å². The summed E-state index contributed by atoms with van der Waals surface area (Å²) in [5.74, 6) is 0.549. The second-order valence-electron chi connectivity index (χ2n) is 5.99. The monoisotopic (exact) mass is 407 g/mol.